The van der Waals surface area contributed by atoms with Gasteiger partial charge in [-0.15, -0.1) is 0 Å². The van der Waals surface area contributed by atoms with Gasteiger partial charge in [-0.2, -0.15) is 0 Å². The van der Waals surface area contributed by atoms with Crippen molar-refractivity contribution in [2.75, 3.05) is 6.61 Å². The SMILES string of the molecule is CC(C)=CCCC(C)=CC(=O)OCC1=C2/C(=C\[C@@]3(C)CC[C@@](O)(O3)[C@H](C)C[C@@H]2O)OC1=O. The second kappa shape index (κ2) is 9.33. The summed E-state index contributed by atoms with van der Waals surface area (Å²) < 4.78 is 16.7. The van der Waals surface area contributed by atoms with Crippen molar-refractivity contribution in [1.82, 2.24) is 0 Å². The molecule has 2 N–H and O–H groups in total. The molecule has 1 saturated heterocycles. The fraction of sp³-hybridized carbons (Fsp3) is 0.600. The predicted molar refractivity (Wildman–Crippen MR) is 118 cm³/mol. The molecule has 1 fully saturated rings. The lowest BCUT2D eigenvalue weighted by molar-refractivity contribution is -0.238. The van der Waals surface area contributed by atoms with Crippen molar-refractivity contribution >= 4 is 11.9 Å². The van der Waals surface area contributed by atoms with E-state index in [1.54, 1.807) is 13.0 Å². The summed E-state index contributed by atoms with van der Waals surface area (Å²) in [6.45, 7) is 9.23. The van der Waals surface area contributed by atoms with E-state index in [2.05, 4.69) is 6.08 Å². The molecule has 176 valence electrons. The van der Waals surface area contributed by atoms with Crippen molar-refractivity contribution in [1.29, 1.82) is 0 Å². The van der Waals surface area contributed by atoms with E-state index >= 15 is 0 Å². The molecule has 0 aromatic heterocycles. The summed E-state index contributed by atoms with van der Waals surface area (Å²) in [5.41, 5.74) is 1.70. The van der Waals surface area contributed by atoms with Gasteiger partial charge in [-0.05, 0) is 59.5 Å². The Hall–Kier alpha value is -2.22. The normalized spacial score (nSPS) is 34.0. The number of carbonyl (C=O) groups excluding carboxylic acids is 2. The molecule has 3 aliphatic heterocycles. The lowest BCUT2D eigenvalue weighted by atomic mass is 9.86. The minimum atomic E-state index is -1.35. The smallest absolute Gasteiger partial charge is 0.343 e. The van der Waals surface area contributed by atoms with Gasteiger partial charge in [0.1, 0.15) is 12.4 Å². The highest BCUT2D eigenvalue weighted by Gasteiger charge is 2.51. The van der Waals surface area contributed by atoms with Crippen molar-refractivity contribution in [2.24, 2.45) is 5.92 Å². The third-order valence-electron chi connectivity index (χ3n) is 6.36. The van der Waals surface area contributed by atoms with Gasteiger partial charge in [0.15, 0.2) is 5.79 Å². The molecule has 3 heterocycles. The van der Waals surface area contributed by atoms with Gasteiger partial charge in [0.2, 0.25) is 0 Å². The molecule has 0 aliphatic carbocycles. The van der Waals surface area contributed by atoms with E-state index in [0.29, 0.717) is 18.4 Å². The lowest BCUT2D eigenvalue weighted by Crippen LogP contribution is -2.39. The number of aliphatic hydroxyl groups is 2. The number of aliphatic hydroxyl groups excluding tert-OH is 1. The first-order valence-electron chi connectivity index (χ1n) is 11.2. The summed E-state index contributed by atoms with van der Waals surface area (Å²) in [7, 11) is 0. The quantitative estimate of drug-likeness (QED) is 0.365. The minimum Gasteiger partial charge on any atom is -0.457 e. The highest BCUT2D eigenvalue weighted by Crippen LogP contribution is 2.47. The molecule has 0 aromatic rings. The summed E-state index contributed by atoms with van der Waals surface area (Å²) in [6.07, 6.45) is 6.84. The number of hydrogen-bond donors (Lipinski definition) is 2. The highest BCUT2D eigenvalue weighted by atomic mass is 16.6. The second-order valence-electron chi connectivity index (χ2n) is 9.62. The van der Waals surface area contributed by atoms with Crippen LogP contribution in [0.2, 0.25) is 0 Å². The van der Waals surface area contributed by atoms with Crippen LogP contribution in [0.15, 0.2) is 46.3 Å². The standard InChI is InChI=1S/C25H34O7/c1-15(2)7-6-8-16(3)11-21(27)30-14-18-22-19(26)12-17(4)25(29)10-9-24(5,32-25)13-20(22)31-23(18)28/h7,11,13,17,19,26,29H,6,8-10,12,14H2,1-5H3/b16-11?,20-13+/t17-,19+,24-,25-/m1/s1. The summed E-state index contributed by atoms with van der Waals surface area (Å²) in [4.78, 5) is 24.8. The number of carbonyl (C=O) groups is 2. The van der Waals surface area contributed by atoms with Crippen LogP contribution in [0.1, 0.15) is 66.7 Å². The van der Waals surface area contributed by atoms with Crippen LogP contribution >= 0.6 is 0 Å². The molecule has 0 spiro atoms. The molecule has 2 bridgehead atoms. The number of rotatable bonds is 6. The molecule has 0 radical (unpaired) electrons. The molecule has 3 rings (SSSR count). The van der Waals surface area contributed by atoms with Gasteiger partial charge < -0.3 is 24.4 Å². The Morgan fingerprint density at radius 3 is 2.72 bits per heavy atom. The van der Waals surface area contributed by atoms with Crippen molar-refractivity contribution < 1.29 is 34.0 Å². The molecular formula is C25H34O7. The minimum absolute atomic E-state index is 0.119. The fourth-order valence-electron chi connectivity index (χ4n) is 4.43. The van der Waals surface area contributed by atoms with Gasteiger partial charge in [-0.1, -0.05) is 24.1 Å². The maximum absolute atomic E-state index is 12.6. The molecule has 0 unspecified atom stereocenters. The third-order valence-corrected chi connectivity index (χ3v) is 6.36. The molecule has 3 aliphatic rings. The van der Waals surface area contributed by atoms with E-state index in [1.807, 2.05) is 27.7 Å². The van der Waals surface area contributed by atoms with Gasteiger partial charge in [0.05, 0.1) is 17.3 Å². The zero-order valence-corrected chi connectivity index (χ0v) is 19.6. The summed E-state index contributed by atoms with van der Waals surface area (Å²) in [6, 6.07) is 0. The van der Waals surface area contributed by atoms with Crippen LogP contribution in [0, 0.1) is 5.92 Å². The predicted octanol–water partition coefficient (Wildman–Crippen LogP) is 3.62. The topological polar surface area (TPSA) is 102 Å². The van der Waals surface area contributed by atoms with E-state index in [1.165, 1.54) is 11.6 Å². The summed E-state index contributed by atoms with van der Waals surface area (Å²) >= 11 is 0. The molecule has 7 heteroatoms. The first kappa shape index (κ1) is 24.4. The van der Waals surface area contributed by atoms with Crippen molar-refractivity contribution in [3.63, 3.8) is 0 Å². The Morgan fingerprint density at radius 1 is 1.31 bits per heavy atom. The monoisotopic (exact) mass is 446 g/mol. The van der Waals surface area contributed by atoms with E-state index in [0.717, 1.165) is 18.4 Å². The van der Waals surface area contributed by atoms with Gasteiger partial charge in [-0.3, -0.25) is 0 Å². The van der Waals surface area contributed by atoms with E-state index < -0.39 is 29.4 Å². The van der Waals surface area contributed by atoms with Gasteiger partial charge in [0.25, 0.3) is 0 Å². The van der Waals surface area contributed by atoms with Crippen LogP contribution in [0.3, 0.4) is 0 Å². The Kier molecular flexibility index (Phi) is 7.12. The first-order chi connectivity index (χ1) is 14.9. The number of allylic oxidation sites excluding steroid dienone is 3. The van der Waals surface area contributed by atoms with Gasteiger partial charge in [-0.25, -0.2) is 9.59 Å². The summed E-state index contributed by atoms with van der Waals surface area (Å²) in [5, 5.41) is 21.8. The number of esters is 2. The van der Waals surface area contributed by atoms with Crippen LogP contribution in [0.5, 0.6) is 0 Å². The van der Waals surface area contributed by atoms with Crippen molar-refractivity contribution in [3.05, 3.63) is 46.3 Å². The largest absolute Gasteiger partial charge is 0.457 e. The van der Waals surface area contributed by atoms with E-state index in [-0.39, 0.29) is 30.3 Å². The average Bonchev–Trinajstić information content (AvgIpc) is 3.16. The molecule has 0 saturated carbocycles. The summed E-state index contributed by atoms with van der Waals surface area (Å²) in [5.74, 6) is -2.70. The number of ether oxygens (including phenoxy) is 3. The Bertz CT molecular complexity index is 905. The Balaban J connectivity index is 1.79. The third kappa shape index (κ3) is 5.39. The zero-order valence-electron chi connectivity index (χ0n) is 19.6. The maximum Gasteiger partial charge on any atom is 0.343 e. The van der Waals surface area contributed by atoms with Crippen LogP contribution in [0.25, 0.3) is 0 Å². The zero-order chi connectivity index (χ0) is 23.7. The van der Waals surface area contributed by atoms with Gasteiger partial charge in [0, 0.05) is 24.0 Å². The maximum atomic E-state index is 12.6. The Morgan fingerprint density at radius 2 is 2.03 bits per heavy atom. The molecular weight excluding hydrogens is 412 g/mol. The molecule has 0 aromatic carbocycles. The average molecular weight is 447 g/mol. The van der Waals surface area contributed by atoms with Crippen molar-refractivity contribution in [3.8, 4) is 0 Å². The highest BCUT2D eigenvalue weighted by molar-refractivity contribution is 5.95. The van der Waals surface area contributed by atoms with Crippen LogP contribution < -0.4 is 0 Å². The van der Waals surface area contributed by atoms with Gasteiger partial charge >= 0.3 is 11.9 Å². The lowest BCUT2D eigenvalue weighted by Gasteiger charge is -2.32. The van der Waals surface area contributed by atoms with Crippen molar-refractivity contribution in [2.45, 2.75) is 84.2 Å². The molecule has 7 nitrogen and oxygen atoms in total. The van der Waals surface area contributed by atoms with Crippen LogP contribution in [-0.2, 0) is 23.8 Å². The number of fused-ring (bicyclic) bond motifs is 3. The molecule has 0 amide bonds. The fourth-order valence-corrected chi connectivity index (χ4v) is 4.43. The molecule has 32 heavy (non-hydrogen) atoms. The Labute approximate surface area is 189 Å². The second-order valence-corrected chi connectivity index (χ2v) is 9.62. The number of hydrogen-bond acceptors (Lipinski definition) is 7. The first-order valence-corrected chi connectivity index (χ1v) is 11.2. The van der Waals surface area contributed by atoms with Crippen LogP contribution in [0.4, 0.5) is 0 Å². The molecule has 4 atom stereocenters. The van der Waals surface area contributed by atoms with E-state index in [9.17, 15) is 19.8 Å². The van der Waals surface area contributed by atoms with E-state index in [4.69, 9.17) is 14.2 Å². The van der Waals surface area contributed by atoms with Crippen LogP contribution in [-0.4, -0.2) is 46.3 Å².